The maximum Gasteiger partial charge on any atom is 0.273 e. The van der Waals surface area contributed by atoms with Gasteiger partial charge < -0.3 is 5.11 Å². The van der Waals surface area contributed by atoms with E-state index < -0.39 is 12.3 Å². The summed E-state index contributed by atoms with van der Waals surface area (Å²) in [6.07, 6.45) is -1.01. The largest absolute Gasteiger partial charge is 0.494 e. The summed E-state index contributed by atoms with van der Waals surface area (Å²) in [6.45, 7) is 1.50. The normalized spacial score (nSPS) is 13.6. The third kappa shape index (κ3) is 4.93. The van der Waals surface area contributed by atoms with E-state index >= 15 is 0 Å². The van der Waals surface area contributed by atoms with Crippen LogP contribution < -0.4 is 0 Å². The van der Waals surface area contributed by atoms with Crippen LogP contribution in [-0.4, -0.2) is 17.7 Å². The molecule has 0 unspecified atom stereocenters. The number of halogens is 2. The van der Waals surface area contributed by atoms with Crippen LogP contribution >= 0.6 is 0 Å². The highest BCUT2D eigenvalue weighted by molar-refractivity contribution is 5.61. The number of alkyl halides is 2. The molecule has 0 saturated carbocycles. The SMILES string of the molecule is C/C=C(/O)N=CC(F)F. The Morgan fingerprint density at radius 1 is 1.67 bits per heavy atom. The van der Waals surface area contributed by atoms with Gasteiger partial charge in [-0.15, -0.1) is 0 Å². The molecule has 0 rings (SSSR count). The summed E-state index contributed by atoms with van der Waals surface area (Å²) < 4.78 is 22.5. The molecule has 0 saturated heterocycles. The summed E-state index contributed by atoms with van der Waals surface area (Å²) in [6, 6.07) is 0. The van der Waals surface area contributed by atoms with Crippen molar-refractivity contribution in [1.29, 1.82) is 0 Å². The van der Waals surface area contributed by atoms with Crippen molar-refractivity contribution < 1.29 is 13.9 Å². The van der Waals surface area contributed by atoms with Gasteiger partial charge in [0.25, 0.3) is 6.43 Å². The Labute approximate surface area is 51.5 Å². The lowest BCUT2D eigenvalue weighted by Gasteiger charge is -1.86. The second-order valence-electron chi connectivity index (χ2n) is 1.26. The highest BCUT2D eigenvalue weighted by atomic mass is 19.3. The Bertz CT molecular complexity index is 131. The molecule has 0 aromatic carbocycles. The Kier molecular flexibility index (Phi) is 3.59. The van der Waals surface area contributed by atoms with Gasteiger partial charge in [0, 0.05) is 0 Å². The van der Waals surface area contributed by atoms with Crippen molar-refractivity contribution in [2.24, 2.45) is 4.99 Å². The van der Waals surface area contributed by atoms with Crippen molar-refractivity contribution in [3.05, 3.63) is 12.0 Å². The molecule has 0 aliphatic rings. The van der Waals surface area contributed by atoms with Crippen molar-refractivity contribution in [2.45, 2.75) is 13.3 Å². The molecule has 0 amide bonds. The topological polar surface area (TPSA) is 32.6 Å². The fourth-order valence-electron chi connectivity index (χ4n) is 0.207. The predicted octanol–water partition coefficient (Wildman–Crippen LogP) is 1.74. The van der Waals surface area contributed by atoms with Crippen LogP contribution in [-0.2, 0) is 0 Å². The van der Waals surface area contributed by atoms with Crippen LogP contribution in [0.4, 0.5) is 8.78 Å². The van der Waals surface area contributed by atoms with Gasteiger partial charge in [-0.2, -0.15) is 0 Å². The maximum atomic E-state index is 11.2. The van der Waals surface area contributed by atoms with Gasteiger partial charge in [-0.1, -0.05) is 0 Å². The molecule has 0 aromatic heterocycles. The van der Waals surface area contributed by atoms with Crippen molar-refractivity contribution >= 4 is 6.21 Å². The molecule has 9 heavy (non-hydrogen) atoms. The van der Waals surface area contributed by atoms with E-state index in [2.05, 4.69) is 4.99 Å². The van der Waals surface area contributed by atoms with E-state index in [1.165, 1.54) is 13.0 Å². The van der Waals surface area contributed by atoms with E-state index in [-0.39, 0.29) is 0 Å². The van der Waals surface area contributed by atoms with Gasteiger partial charge in [-0.05, 0) is 13.0 Å². The predicted molar refractivity (Wildman–Crippen MR) is 30.9 cm³/mol. The maximum absolute atomic E-state index is 11.2. The molecule has 1 N–H and O–H groups in total. The second-order valence-corrected chi connectivity index (χ2v) is 1.26. The number of allylic oxidation sites excluding steroid dienone is 1. The third-order valence-electron chi connectivity index (χ3n) is 0.578. The molecular formula is C5H7F2NO. The van der Waals surface area contributed by atoms with Gasteiger partial charge in [-0.25, -0.2) is 13.8 Å². The minimum absolute atomic E-state index is 0.370. The average Bonchev–Trinajstić information content (AvgIpc) is 1.83. The lowest BCUT2D eigenvalue weighted by atomic mass is 10.6. The summed E-state index contributed by atoms with van der Waals surface area (Å²) >= 11 is 0. The van der Waals surface area contributed by atoms with Crippen molar-refractivity contribution in [3.8, 4) is 0 Å². The summed E-state index contributed by atoms with van der Waals surface area (Å²) in [5, 5.41) is 8.44. The van der Waals surface area contributed by atoms with Crippen LogP contribution in [0.2, 0.25) is 0 Å². The first-order valence-electron chi connectivity index (χ1n) is 2.34. The molecule has 0 aliphatic heterocycles. The van der Waals surface area contributed by atoms with Crippen molar-refractivity contribution in [1.82, 2.24) is 0 Å². The molecule has 4 heteroatoms. The van der Waals surface area contributed by atoms with Crippen LogP contribution in [0, 0.1) is 0 Å². The Balaban J connectivity index is 3.71. The number of hydrogen-bond acceptors (Lipinski definition) is 2. The lowest BCUT2D eigenvalue weighted by molar-refractivity contribution is 0.230. The van der Waals surface area contributed by atoms with Crippen LogP contribution in [0.5, 0.6) is 0 Å². The first-order chi connectivity index (χ1) is 4.16. The van der Waals surface area contributed by atoms with E-state index in [9.17, 15) is 8.78 Å². The quantitative estimate of drug-likeness (QED) is 0.454. The van der Waals surface area contributed by atoms with Crippen LogP contribution in [0.15, 0.2) is 17.0 Å². The fourth-order valence-corrected chi connectivity index (χ4v) is 0.207. The first kappa shape index (κ1) is 8.07. The minimum atomic E-state index is -2.60. The molecule has 0 atom stereocenters. The summed E-state index contributed by atoms with van der Waals surface area (Å²) in [7, 11) is 0. The molecule has 0 aromatic rings. The molecule has 52 valence electrons. The molecule has 0 heterocycles. The molecular weight excluding hydrogens is 128 g/mol. The van der Waals surface area contributed by atoms with Gasteiger partial charge in [0.1, 0.15) is 0 Å². The van der Waals surface area contributed by atoms with E-state index in [4.69, 9.17) is 5.11 Å². The van der Waals surface area contributed by atoms with E-state index in [0.29, 0.717) is 6.21 Å². The smallest absolute Gasteiger partial charge is 0.273 e. The molecule has 0 spiro atoms. The number of aliphatic hydroxyl groups excluding tert-OH is 1. The average molecular weight is 135 g/mol. The highest BCUT2D eigenvalue weighted by Crippen LogP contribution is 1.91. The fraction of sp³-hybridized carbons (Fsp3) is 0.400. The van der Waals surface area contributed by atoms with Gasteiger partial charge in [-0.3, -0.25) is 0 Å². The Morgan fingerprint density at radius 3 is 2.56 bits per heavy atom. The van der Waals surface area contributed by atoms with E-state index in [0.717, 1.165) is 0 Å². The molecule has 0 radical (unpaired) electrons. The standard InChI is InChI=1S/C5H7F2NO/c1-2-5(9)8-3-4(6)7/h2-4,9H,1H3/b5-2+,8-3?. The number of hydrogen-bond donors (Lipinski definition) is 1. The second kappa shape index (κ2) is 4.00. The zero-order valence-electron chi connectivity index (χ0n) is 4.88. The van der Waals surface area contributed by atoms with E-state index in [1.54, 1.807) is 0 Å². The monoisotopic (exact) mass is 135 g/mol. The van der Waals surface area contributed by atoms with Crippen LogP contribution in [0.1, 0.15) is 6.92 Å². The minimum Gasteiger partial charge on any atom is -0.494 e. The van der Waals surface area contributed by atoms with Crippen LogP contribution in [0.3, 0.4) is 0 Å². The van der Waals surface area contributed by atoms with Gasteiger partial charge in [0.05, 0.1) is 6.21 Å². The zero-order valence-corrected chi connectivity index (χ0v) is 4.88. The Hall–Kier alpha value is -0.930. The number of aliphatic imine (C=N–C) groups is 1. The van der Waals surface area contributed by atoms with Gasteiger partial charge >= 0.3 is 0 Å². The summed E-state index contributed by atoms with van der Waals surface area (Å²) in [5.41, 5.74) is 0. The third-order valence-corrected chi connectivity index (χ3v) is 0.578. The molecule has 2 nitrogen and oxygen atoms in total. The van der Waals surface area contributed by atoms with Crippen molar-refractivity contribution in [3.63, 3.8) is 0 Å². The molecule has 0 fully saturated rings. The van der Waals surface area contributed by atoms with Crippen molar-refractivity contribution in [2.75, 3.05) is 0 Å². The number of nitrogens with zero attached hydrogens (tertiary/aromatic N) is 1. The zero-order chi connectivity index (χ0) is 7.28. The first-order valence-corrected chi connectivity index (χ1v) is 2.34. The highest BCUT2D eigenvalue weighted by Gasteiger charge is 1.93. The summed E-state index contributed by atoms with van der Waals surface area (Å²) in [5.74, 6) is -0.393. The number of rotatable bonds is 2. The van der Waals surface area contributed by atoms with Gasteiger partial charge in [0.2, 0.25) is 5.88 Å². The Morgan fingerprint density at radius 2 is 2.22 bits per heavy atom. The van der Waals surface area contributed by atoms with E-state index in [1.807, 2.05) is 0 Å². The molecule has 0 aliphatic carbocycles. The lowest BCUT2D eigenvalue weighted by Crippen LogP contribution is -1.90. The number of aliphatic hydroxyl groups is 1. The molecule has 0 bridgehead atoms. The van der Waals surface area contributed by atoms with Crippen LogP contribution in [0.25, 0.3) is 0 Å². The van der Waals surface area contributed by atoms with Gasteiger partial charge in [0.15, 0.2) is 0 Å². The summed E-state index contributed by atoms with van der Waals surface area (Å²) in [4.78, 5) is 2.98.